The Hall–Kier alpha value is -0.570. The lowest BCUT2D eigenvalue weighted by atomic mass is 10.2. The highest BCUT2D eigenvalue weighted by Crippen LogP contribution is 1.89. The highest BCUT2D eigenvalue weighted by Gasteiger charge is 2.09. The number of rotatable bonds is 2. The molecule has 0 aliphatic carbocycles. The molecule has 0 aliphatic rings. The number of ether oxygens (including phenoxy) is 1. The number of nitrogens with one attached hydrogen (secondary N) is 1. The minimum Gasteiger partial charge on any atom is -0.468 e. The molecule has 1 radical (unpaired) electrons. The van der Waals surface area contributed by atoms with Gasteiger partial charge in [0, 0.05) is 0 Å². The predicted molar refractivity (Wildman–Crippen MR) is 29.2 cm³/mol. The molecule has 0 aromatic rings. The molecule has 1 atom stereocenters. The molecule has 0 aromatic heterocycles. The van der Waals surface area contributed by atoms with Gasteiger partial charge in [-0.15, -0.1) is 0 Å². The van der Waals surface area contributed by atoms with Crippen LogP contribution in [0.1, 0.15) is 13.3 Å². The van der Waals surface area contributed by atoms with Crippen LogP contribution in [-0.4, -0.2) is 19.1 Å². The van der Waals surface area contributed by atoms with E-state index in [4.69, 9.17) is 5.73 Å². The maximum Gasteiger partial charge on any atom is 0.324 e. The monoisotopic (exact) mass is 116 g/mol. The van der Waals surface area contributed by atoms with Crippen molar-refractivity contribution < 1.29 is 9.53 Å². The zero-order valence-electron chi connectivity index (χ0n) is 5.10. The molecule has 0 heterocycles. The second-order valence-electron chi connectivity index (χ2n) is 1.48. The van der Waals surface area contributed by atoms with Gasteiger partial charge >= 0.3 is 5.97 Å². The Morgan fingerprint density at radius 3 is 2.50 bits per heavy atom. The van der Waals surface area contributed by atoms with E-state index >= 15 is 0 Å². The van der Waals surface area contributed by atoms with Crippen LogP contribution in [-0.2, 0) is 9.53 Å². The maximum atomic E-state index is 10.3. The van der Waals surface area contributed by atoms with Crippen molar-refractivity contribution in [1.29, 1.82) is 0 Å². The van der Waals surface area contributed by atoms with Crippen molar-refractivity contribution in [3.63, 3.8) is 0 Å². The normalized spacial score (nSPS) is 12.9. The highest BCUT2D eigenvalue weighted by atomic mass is 16.5. The van der Waals surface area contributed by atoms with Crippen LogP contribution < -0.4 is 5.73 Å². The van der Waals surface area contributed by atoms with Crippen LogP contribution in [0.15, 0.2) is 0 Å². The van der Waals surface area contributed by atoms with Crippen LogP contribution in [0, 0.1) is 0 Å². The van der Waals surface area contributed by atoms with Crippen molar-refractivity contribution in [2.75, 3.05) is 7.11 Å². The van der Waals surface area contributed by atoms with Crippen molar-refractivity contribution in [2.24, 2.45) is 0 Å². The van der Waals surface area contributed by atoms with Gasteiger partial charge in [-0.2, -0.15) is 0 Å². The number of carbonyl (C=O) groups is 1. The third-order valence-electron chi connectivity index (χ3n) is 0.894. The van der Waals surface area contributed by atoms with Gasteiger partial charge in [0.1, 0.15) is 6.04 Å². The number of hydrogen-bond acceptors (Lipinski definition) is 2. The van der Waals surface area contributed by atoms with E-state index in [1.165, 1.54) is 7.11 Å². The highest BCUT2D eigenvalue weighted by molar-refractivity contribution is 5.74. The smallest absolute Gasteiger partial charge is 0.324 e. The first-order valence-corrected chi connectivity index (χ1v) is 2.51. The van der Waals surface area contributed by atoms with Crippen LogP contribution in [0.25, 0.3) is 0 Å². The van der Waals surface area contributed by atoms with Crippen LogP contribution >= 0.6 is 0 Å². The lowest BCUT2D eigenvalue weighted by Crippen LogP contribution is -2.21. The van der Waals surface area contributed by atoms with E-state index in [0.717, 1.165) is 0 Å². The van der Waals surface area contributed by atoms with Crippen molar-refractivity contribution >= 4 is 5.97 Å². The molecule has 0 spiro atoms. The van der Waals surface area contributed by atoms with Crippen molar-refractivity contribution in [1.82, 2.24) is 5.73 Å². The van der Waals surface area contributed by atoms with E-state index in [1.807, 2.05) is 0 Å². The summed E-state index contributed by atoms with van der Waals surface area (Å²) in [5, 5.41) is 0. The van der Waals surface area contributed by atoms with Gasteiger partial charge in [-0.3, -0.25) is 4.79 Å². The van der Waals surface area contributed by atoms with E-state index < -0.39 is 12.0 Å². The van der Waals surface area contributed by atoms with Crippen LogP contribution in [0.3, 0.4) is 0 Å². The summed E-state index contributed by atoms with van der Waals surface area (Å²) >= 11 is 0. The Morgan fingerprint density at radius 1 is 1.88 bits per heavy atom. The fraction of sp³-hybridized carbons (Fsp3) is 0.800. The summed E-state index contributed by atoms with van der Waals surface area (Å²) in [6.07, 6.45) is 0.521. The average molecular weight is 116 g/mol. The SMILES string of the molecule is CCC([NH])C(=O)OC. The minimum atomic E-state index is -0.694. The summed E-state index contributed by atoms with van der Waals surface area (Å²) < 4.78 is 4.28. The Morgan fingerprint density at radius 2 is 2.38 bits per heavy atom. The molecule has 0 saturated heterocycles. The largest absolute Gasteiger partial charge is 0.468 e. The van der Waals surface area contributed by atoms with E-state index in [1.54, 1.807) is 6.92 Å². The average Bonchev–Trinajstić information content (AvgIpc) is 1.84. The van der Waals surface area contributed by atoms with E-state index in [2.05, 4.69) is 4.74 Å². The molecule has 0 aliphatic heterocycles. The van der Waals surface area contributed by atoms with E-state index in [-0.39, 0.29) is 0 Å². The van der Waals surface area contributed by atoms with Gasteiger partial charge in [0.15, 0.2) is 0 Å². The van der Waals surface area contributed by atoms with E-state index in [9.17, 15) is 4.79 Å². The van der Waals surface area contributed by atoms with Gasteiger partial charge in [0.25, 0.3) is 0 Å². The topological polar surface area (TPSA) is 50.1 Å². The fourth-order valence-corrected chi connectivity index (χ4v) is 0.309. The number of carbonyl (C=O) groups excluding carboxylic acids is 1. The molecule has 0 bridgehead atoms. The summed E-state index contributed by atoms with van der Waals surface area (Å²) in [7, 11) is 1.29. The molecule has 47 valence electrons. The molecule has 8 heavy (non-hydrogen) atoms. The lowest BCUT2D eigenvalue weighted by Gasteiger charge is -2.01. The van der Waals surface area contributed by atoms with Gasteiger partial charge in [0.2, 0.25) is 0 Å². The standard InChI is InChI=1S/C5H10NO2/c1-3-4(6)5(7)8-2/h4,6H,3H2,1-2H3. The fourth-order valence-electron chi connectivity index (χ4n) is 0.309. The summed E-state index contributed by atoms with van der Waals surface area (Å²) in [4.78, 5) is 10.3. The quantitative estimate of drug-likeness (QED) is 0.484. The number of esters is 1. The Bertz CT molecular complexity index is 82.5. The molecule has 3 heteroatoms. The first-order chi connectivity index (χ1) is 3.72. The Kier molecular flexibility index (Phi) is 3.19. The third-order valence-corrected chi connectivity index (χ3v) is 0.894. The maximum absolute atomic E-state index is 10.3. The van der Waals surface area contributed by atoms with Gasteiger partial charge in [-0.05, 0) is 6.42 Å². The zero-order chi connectivity index (χ0) is 6.57. The summed E-state index contributed by atoms with van der Waals surface area (Å²) in [5.41, 5.74) is 6.95. The lowest BCUT2D eigenvalue weighted by molar-refractivity contribution is -0.142. The molecule has 0 fully saturated rings. The van der Waals surface area contributed by atoms with Gasteiger partial charge in [-0.25, -0.2) is 5.73 Å². The van der Waals surface area contributed by atoms with Crippen molar-refractivity contribution in [3.05, 3.63) is 0 Å². The molecule has 1 N–H and O–H groups in total. The number of hydrogen-bond donors (Lipinski definition) is 0. The van der Waals surface area contributed by atoms with Crippen LogP contribution in [0.2, 0.25) is 0 Å². The minimum absolute atomic E-state index is 0.451. The molecule has 1 unspecified atom stereocenters. The molecule has 0 rings (SSSR count). The molecule has 0 saturated carbocycles. The molecule has 3 nitrogen and oxygen atoms in total. The van der Waals surface area contributed by atoms with Crippen molar-refractivity contribution in [2.45, 2.75) is 19.4 Å². The second kappa shape index (κ2) is 3.43. The third kappa shape index (κ3) is 1.93. The zero-order valence-corrected chi connectivity index (χ0v) is 5.10. The summed E-state index contributed by atoms with van der Waals surface area (Å²) in [5.74, 6) is -0.451. The summed E-state index contributed by atoms with van der Waals surface area (Å²) in [6, 6.07) is -0.694. The molecule has 0 aromatic carbocycles. The van der Waals surface area contributed by atoms with Gasteiger partial charge in [-0.1, -0.05) is 6.92 Å². The number of methoxy groups -OCH3 is 1. The van der Waals surface area contributed by atoms with E-state index in [0.29, 0.717) is 6.42 Å². The molecular formula is C5H10NO2. The molecular weight excluding hydrogens is 106 g/mol. The molecule has 0 amide bonds. The first kappa shape index (κ1) is 7.43. The first-order valence-electron chi connectivity index (χ1n) is 2.51. The van der Waals surface area contributed by atoms with Gasteiger partial charge in [0.05, 0.1) is 7.11 Å². The van der Waals surface area contributed by atoms with Crippen LogP contribution in [0.5, 0.6) is 0 Å². The van der Waals surface area contributed by atoms with Gasteiger partial charge < -0.3 is 4.74 Å². The van der Waals surface area contributed by atoms with Crippen molar-refractivity contribution in [3.8, 4) is 0 Å². The Balaban J connectivity index is 3.46. The predicted octanol–water partition coefficient (Wildman–Crippen LogP) is 0.221. The second-order valence-corrected chi connectivity index (χ2v) is 1.48. The van der Waals surface area contributed by atoms with Crippen LogP contribution in [0.4, 0.5) is 0 Å². The summed E-state index contributed by atoms with van der Waals surface area (Å²) in [6.45, 7) is 1.77. The Labute approximate surface area is 48.8 Å².